The fraction of sp³-hybridized carbons (Fsp3) is 0.739. The Morgan fingerprint density at radius 3 is 1.86 bits per heavy atom. The van der Waals surface area contributed by atoms with Crippen LogP contribution in [-0.2, 0) is 24.0 Å². The first-order valence-electron chi connectivity index (χ1n) is 12.4. The molecule has 0 spiro atoms. The molecule has 37 heavy (non-hydrogen) atoms. The van der Waals surface area contributed by atoms with Crippen LogP contribution in [0.4, 0.5) is 0 Å². The average Bonchev–Trinajstić information content (AvgIpc) is 2.80. The van der Waals surface area contributed by atoms with Gasteiger partial charge in [-0.15, -0.1) is 0 Å². The fourth-order valence-electron chi connectivity index (χ4n) is 3.33. The van der Waals surface area contributed by atoms with Gasteiger partial charge in [-0.3, -0.25) is 24.2 Å². The molecule has 0 aliphatic rings. The Morgan fingerprint density at radius 1 is 0.838 bits per heavy atom. The number of carboxylic acid groups (broad SMARTS) is 2. The second-order valence-corrected chi connectivity index (χ2v) is 9.44. The monoisotopic (exact) mass is 529 g/mol. The number of carboxylic acids is 2. The van der Waals surface area contributed by atoms with Crippen molar-refractivity contribution in [3.63, 3.8) is 0 Å². The van der Waals surface area contributed by atoms with Gasteiger partial charge in [0.05, 0.1) is 6.04 Å². The number of nitrogens with two attached hydrogens (primary N) is 3. The van der Waals surface area contributed by atoms with Crippen molar-refractivity contribution in [1.29, 1.82) is 0 Å². The zero-order valence-electron chi connectivity index (χ0n) is 22.0. The van der Waals surface area contributed by atoms with E-state index in [1.165, 1.54) is 0 Å². The Labute approximate surface area is 217 Å². The normalized spacial score (nSPS) is 15.0. The molecule has 14 heteroatoms. The van der Waals surface area contributed by atoms with Gasteiger partial charge in [0.1, 0.15) is 18.1 Å². The number of guanidine groups is 1. The predicted molar refractivity (Wildman–Crippen MR) is 137 cm³/mol. The maximum Gasteiger partial charge on any atom is 0.326 e. The first kappa shape index (κ1) is 33.6. The molecule has 0 rings (SSSR count). The number of rotatable bonds is 18. The number of amides is 3. The Morgan fingerprint density at radius 2 is 1.38 bits per heavy atom. The molecule has 0 fully saturated rings. The van der Waals surface area contributed by atoms with E-state index in [2.05, 4.69) is 20.9 Å². The Balaban J connectivity index is 5.69. The Bertz CT molecular complexity index is 815. The van der Waals surface area contributed by atoms with Crippen LogP contribution in [0.15, 0.2) is 4.99 Å². The molecule has 0 aromatic carbocycles. The van der Waals surface area contributed by atoms with Crippen molar-refractivity contribution >= 4 is 35.6 Å². The predicted octanol–water partition coefficient (Wildman–Crippen LogP) is -1.14. The van der Waals surface area contributed by atoms with E-state index in [0.717, 1.165) is 0 Å². The summed E-state index contributed by atoms with van der Waals surface area (Å²) < 4.78 is 0. The average molecular weight is 530 g/mol. The lowest BCUT2D eigenvalue weighted by atomic mass is 9.97. The van der Waals surface area contributed by atoms with E-state index in [1.807, 2.05) is 27.7 Å². The van der Waals surface area contributed by atoms with Crippen molar-refractivity contribution in [1.82, 2.24) is 16.0 Å². The van der Waals surface area contributed by atoms with Gasteiger partial charge in [0.25, 0.3) is 0 Å². The van der Waals surface area contributed by atoms with Crippen molar-refractivity contribution in [3.8, 4) is 0 Å². The van der Waals surface area contributed by atoms with Crippen molar-refractivity contribution in [3.05, 3.63) is 0 Å². The second kappa shape index (κ2) is 17.1. The van der Waals surface area contributed by atoms with E-state index < -0.39 is 60.2 Å². The molecule has 0 saturated heterocycles. The third kappa shape index (κ3) is 14.0. The number of nitrogens with one attached hydrogen (secondary N) is 3. The van der Waals surface area contributed by atoms with E-state index in [-0.39, 0.29) is 50.0 Å². The number of nitrogens with zero attached hydrogens (tertiary/aromatic N) is 1. The summed E-state index contributed by atoms with van der Waals surface area (Å²) in [5.41, 5.74) is 16.6. The summed E-state index contributed by atoms with van der Waals surface area (Å²) in [6, 6.07) is -4.47. The lowest BCUT2D eigenvalue weighted by Crippen LogP contribution is -2.57. The van der Waals surface area contributed by atoms with E-state index >= 15 is 0 Å². The highest BCUT2D eigenvalue weighted by Crippen LogP contribution is 2.10. The zero-order chi connectivity index (χ0) is 28.7. The summed E-state index contributed by atoms with van der Waals surface area (Å²) in [5, 5.41) is 25.7. The number of aliphatic carboxylic acids is 2. The largest absolute Gasteiger partial charge is 0.481 e. The van der Waals surface area contributed by atoms with Crippen LogP contribution in [0, 0.1) is 11.8 Å². The van der Waals surface area contributed by atoms with E-state index in [9.17, 15) is 29.1 Å². The summed E-state index contributed by atoms with van der Waals surface area (Å²) in [6.45, 7) is 7.59. The second-order valence-electron chi connectivity index (χ2n) is 9.44. The number of carbonyl (C=O) groups excluding carboxylic acids is 3. The highest BCUT2D eigenvalue weighted by atomic mass is 16.4. The standard InChI is InChI=1S/C23H43N7O7/c1-5-13(4)18(24)21(35)30-16(11-12(2)3)20(34)28-14(7-6-10-27-23(25)26)19(33)29-15(22(36)37)8-9-17(31)32/h12-16,18H,5-11,24H2,1-4H3,(H,28,34)(H,29,33)(H,30,35)(H,31,32)(H,36,37)(H4,25,26,27). The number of aliphatic imine (C=N–C) groups is 1. The topological polar surface area (TPSA) is 252 Å². The smallest absolute Gasteiger partial charge is 0.326 e. The highest BCUT2D eigenvalue weighted by Gasteiger charge is 2.31. The van der Waals surface area contributed by atoms with Crippen LogP contribution in [0.25, 0.3) is 0 Å². The SMILES string of the molecule is CCC(C)C(N)C(=O)NC(CC(C)C)C(=O)NC(CCCN=C(N)N)C(=O)NC(CCC(=O)O)C(=O)O. The third-order valence-corrected chi connectivity index (χ3v) is 5.74. The Kier molecular flexibility index (Phi) is 15.5. The van der Waals surface area contributed by atoms with Crippen molar-refractivity contribution in [2.45, 2.75) is 90.4 Å². The van der Waals surface area contributed by atoms with Gasteiger partial charge in [-0.2, -0.15) is 0 Å². The van der Waals surface area contributed by atoms with Crippen LogP contribution in [0.3, 0.4) is 0 Å². The molecule has 0 aromatic heterocycles. The van der Waals surface area contributed by atoms with Crippen molar-refractivity contribution in [2.24, 2.45) is 34.0 Å². The first-order chi connectivity index (χ1) is 17.2. The molecule has 3 amide bonds. The van der Waals surface area contributed by atoms with Crippen LogP contribution in [0.1, 0.15) is 66.2 Å². The fourth-order valence-corrected chi connectivity index (χ4v) is 3.33. The number of carbonyl (C=O) groups is 5. The van der Waals surface area contributed by atoms with E-state index in [4.69, 9.17) is 22.3 Å². The van der Waals surface area contributed by atoms with Gasteiger partial charge in [0, 0.05) is 13.0 Å². The van der Waals surface area contributed by atoms with Gasteiger partial charge in [0.2, 0.25) is 17.7 Å². The first-order valence-corrected chi connectivity index (χ1v) is 12.4. The molecular weight excluding hydrogens is 486 g/mol. The van der Waals surface area contributed by atoms with Crippen molar-refractivity contribution < 1.29 is 34.2 Å². The van der Waals surface area contributed by atoms with Crippen LogP contribution >= 0.6 is 0 Å². The Hall–Kier alpha value is -3.42. The van der Waals surface area contributed by atoms with Crippen LogP contribution in [0.5, 0.6) is 0 Å². The maximum absolute atomic E-state index is 13.2. The minimum Gasteiger partial charge on any atom is -0.481 e. The molecule has 212 valence electrons. The van der Waals surface area contributed by atoms with Crippen LogP contribution in [-0.4, -0.2) is 76.5 Å². The lowest BCUT2D eigenvalue weighted by Gasteiger charge is -2.27. The molecule has 0 saturated carbocycles. The molecular formula is C23H43N7O7. The van der Waals surface area contributed by atoms with Gasteiger partial charge in [-0.05, 0) is 37.5 Å². The van der Waals surface area contributed by atoms with Gasteiger partial charge in [-0.25, -0.2) is 4.79 Å². The maximum atomic E-state index is 13.2. The molecule has 0 aliphatic heterocycles. The van der Waals surface area contributed by atoms with Gasteiger partial charge in [-0.1, -0.05) is 34.1 Å². The van der Waals surface area contributed by atoms with Crippen LogP contribution in [0.2, 0.25) is 0 Å². The van der Waals surface area contributed by atoms with E-state index in [1.54, 1.807) is 0 Å². The molecule has 0 aliphatic carbocycles. The molecule has 0 aromatic rings. The molecule has 14 nitrogen and oxygen atoms in total. The molecule has 5 atom stereocenters. The minimum absolute atomic E-state index is 0.0115. The highest BCUT2D eigenvalue weighted by molar-refractivity contribution is 5.94. The van der Waals surface area contributed by atoms with Gasteiger partial charge < -0.3 is 43.4 Å². The summed E-state index contributed by atoms with van der Waals surface area (Å²) >= 11 is 0. The minimum atomic E-state index is -1.47. The van der Waals surface area contributed by atoms with Crippen molar-refractivity contribution in [2.75, 3.05) is 6.54 Å². The molecule has 0 heterocycles. The molecule has 11 N–H and O–H groups in total. The summed E-state index contributed by atoms with van der Waals surface area (Å²) in [4.78, 5) is 64.9. The molecule has 5 unspecified atom stereocenters. The summed E-state index contributed by atoms with van der Waals surface area (Å²) in [5.74, 6) is -4.84. The molecule has 0 bridgehead atoms. The van der Waals surface area contributed by atoms with Crippen LogP contribution < -0.4 is 33.2 Å². The number of hydrogen-bond donors (Lipinski definition) is 8. The quantitative estimate of drug-likeness (QED) is 0.0601. The third-order valence-electron chi connectivity index (χ3n) is 5.74. The summed E-state index contributed by atoms with van der Waals surface area (Å²) in [6.07, 6.45) is 0.434. The zero-order valence-corrected chi connectivity index (χ0v) is 22.0. The van der Waals surface area contributed by atoms with Gasteiger partial charge in [0.15, 0.2) is 5.96 Å². The lowest BCUT2D eigenvalue weighted by molar-refractivity contribution is -0.143. The van der Waals surface area contributed by atoms with Gasteiger partial charge >= 0.3 is 11.9 Å². The van der Waals surface area contributed by atoms with E-state index in [0.29, 0.717) is 6.42 Å². The number of hydrogen-bond acceptors (Lipinski definition) is 7. The molecule has 0 radical (unpaired) electrons. The summed E-state index contributed by atoms with van der Waals surface area (Å²) in [7, 11) is 0.